The Kier molecular flexibility index (Phi) is 4.66. The highest BCUT2D eigenvalue weighted by atomic mass is 16.4. The van der Waals surface area contributed by atoms with Crippen molar-refractivity contribution >= 4 is 5.97 Å². The van der Waals surface area contributed by atoms with Gasteiger partial charge in [0.25, 0.3) is 0 Å². The molecule has 2 N–H and O–H groups in total. The molecule has 0 aliphatic heterocycles. The summed E-state index contributed by atoms with van der Waals surface area (Å²) in [6, 6.07) is 0. The highest BCUT2D eigenvalue weighted by molar-refractivity contribution is 5.70. The SMILES string of the molecule is O=C(O)CC1=CCC(CCCO)CC1. The molecule has 1 unspecified atom stereocenters. The van der Waals surface area contributed by atoms with Crippen molar-refractivity contribution in [2.75, 3.05) is 6.61 Å². The summed E-state index contributed by atoms with van der Waals surface area (Å²) in [5, 5.41) is 17.3. The second kappa shape index (κ2) is 5.81. The van der Waals surface area contributed by atoms with E-state index >= 15 is 0 Å². The summed E-state index contributed by atoms with van der Waals surface area (Å²) in [5.74, 6) is -0.0789. The Morgan fingerprint density at radius 3 is 2.86 bits per heavy atom. The maximum atomic E-state index is 10.4. The average Bonchev–Trinajstić information content (AvgIpc) is 2.16. The first-order chi connectivity index (χ1) is 6.72. The number of allylic oxidation sites excluding steroid dienone is 1. The number of aliphatic hydroxyl groups is 1. The van der Waals surface area contributed by atoms with Gasteiger partial charge >= 0.3 is 5.97 Å². The summed E-state index contributed by atoms with van der Waals surface area (Å²) in [4.78, 5) is 10.4. The van der Waals surface area contributed by atoms with Crippen molar-refractivity contribution in [3.05, 3.63) is 11.6 Å². The zero-order valence-electron chi connectivity index (χ0n) is 8.41. The molecule has 14 heavy (non-hydrogen) atoms. The third-order valence-corrected chi connectivity index (χ3v) is 2.76. The van der Waals surface area contributed by atoms with E-state index in [1.165, 1.54) is 0 Å². The second-order valence-corrected chi connectivity index (χ2v) is 3.94. The van der Waals surface area contributed by atoms with Crippen molar-refractivity contribution in [1.82, 2.24) is 0 Å². The van der Waals surface area contributed by atoms with E-state index < -0.39 is 5.97 Å². The fourth-order valence-electron chi connectivity index (χ4n) is 1.94. The van der Waals surface area contributed by atoms with Crippen LogP contribution in [0.4, 0.5) is 0 Å². The Balaban J connectivity index is 2.28. The lowest BCUT2D eigenvalue weighted by atomic mass is 9.86. The lowest BCUT2D eigenvalue weighted by molar-refractivity contribution is -0.136. The van der Waals surface area contributed by atoms with Crippen LogP contribution in [0.5, 0.6) is 0 Å². The topological polar surface area (TPSA) is 57.5 Å². The van der Waals surface area contributed by atoms with Crippen molar-refractivity contribution in [2.45, 2.75) is 38.5 Å². The molecule has 0 amide bonds. The van der Waals surface area contributed by atoms with Crippen molar-refractivity contribution in [2.24, 2.45) is 5.92 Å². The molecule has 0 saturated carbocycles. The largest absolute Gasteiger partial charge is 0.481 e. The highest BCUT2D eigenvalue weighted by Crippen LogP contribution is 2.28. The predicted octanol–water partition coefficient (Wildman–Crippen LogP) is 1.96. The van der Waals surface area contributed by atoms with Gasteiger partial charge in [0, 0.05) is 6.61 Å². The minimum absolute atomic E-state index is 0.201. The predicted molar refractivity (Wildman–Crippen MR) is 54.0 cm³/mol. The van der Waals surface area contributed by atoms with Gasteiger partial charge in [-0.25, -0.2) is 0 Å². The van der Waals surface area contributed by atoms with Crippen molar-refractivity contribution in [3.8, 4) is 0 Å². The lowest BCUT2D eigenvalue weighted by Gasteiger charge is -2.20. The molecule has 0 aromatic heterocycles. The Bertz CT molecular complexity index is 221. The molecule has 1 aliphatic carbocycles. The Morgan fingerprint density at radius 2 is 2.36 bits per heavy atom. The third kappa shape index (κ3) is 3.92. The summed E-state index contributed by atoms with van der Waals surface area (Å²) in [5.41, 5.74) is 1.07. The maximum Gasteiger partial charge on any atom is 0.307 e. The van der Waals surface area contributed by atoms with Gasteiger partial charge in [-0.15, -0.1) is 0 Å². The average molecular weight is 198 g/mol. The summed E-state index contributed by atoms with van der Waals surface area (Å²) in [6.45, 7) is 0.266. The fraction of sp³-hybridized carbons (Fsp3) is 0.727. The smallest absolute Gasteiger partial charge is 0.307 e. The number of aliphatic hydroxyl groups excluding tert-OH is 1. The first-order valence-corrected chi connectivity index (χ1v) is 5.23. The van der Waals surface area contributed by atoms with E-state index in [0.717, 1.165) is 37.7 Å². The van der Waals surface area contributed by atoms with Gasteiger partial charge < -0.3 is 10.2 Å². The summed E-state index contributed by atoms with van der Waals surface area (Å²) < 4.78 is 0. The summed E-state index contributed by atoms with van der Waals surface area (Å²) >= 11 is 0. The van der Waals surface area contributed by atoms with E-state index in [4.69, 9.17) is 10.2 Å². The van der Waals surface area contributed by atoms with Crippen LogP contribution in [0.2, 0.25) is 0 Å². The van der Waals surface area contributed by atoms with E-state index in [-0.39, 0.29) is 13.0 Å². The molecule has 0 fully saturated rings. The first kappa shape index (κ1) is 11.2. The van der Waals surface area contributed by atoms with Gasteiger partial charge in [-0.05, 0) is 38.0 Å². The lowest BCUT2D eigenvalue weighted by Crippen LogP contribution is -2.08. The number of carboxylic acid groups (broad SMARTS) is 1. The Labute approximate surface area is 84.4 Å². The molecular weight excluding hydrogens is 180 g/mol. The number of rotatable bonds is 5. The third-order valence-electron chi connectivity index (χ3n) is 2.76. The van der Waals surface area contributed by atoms with Crippen LogP contribution in [0, 0.1) is 5.92 Å². The van der Waals surface area contributed by atoms with Crippen LogP contribution in [0.1, 0.15) is 38.5 Å². The zero-order valence-corrected chi connectivity index (χ0v) is 8.41. The van der Waals surface area contributed by atoms with Gasteiger partial charge in [-0.3, -0.25) is 4.79 Å². The molecule has 0 aromatic carbocycles. The molecule has 0 radical (unpaired) electrons. The van der Waals surface area contributed by atoms with Crippen LogP contribution in [0.25, 0.3) is 0 Å². The van der Waals surface area contributed by atoms with Gasteiger partial charge in [0.05, 0.1) is 6.42 Å². The zero-order chi connectivity index (χ0) is 10.4. The quantitative estimate of drug-likeness (QED) is 0.664. The highest BCUT2D eigenvalue weighted by Gasteiger charge is 2.15. The Morgan fingerprint density at radius 1 is 1.57 bits per heavy atom. The van der Waals surface area contributed by atoms with E-state index in [1.807, 2.05) is 0 Å². The maximum absolute atomic E-state index is 10.4. The molecule has 0 spiro atoms. The molecule has 3 heteroatoms. The standard InChI is InChI=1S/C11H18O3/c12-7-1-2-9-3-5-10(6-4-9)8-11(13)14/h5,9,12H,1-4,6-8H2,(H,13,14). The molecule has 80 valence electrons. The molecule has 0 saturated heterocycles. The number of hydrogen-bond acceptors (Lipinski definition) is 2. The van der Waals surface area contributed by atoms with Gasteiger partial charge in [0.2, 0.25) is 0 Å². The van der Waals surface area contributed by atoms with Crippen molar-refractivity contribution < 1.29 is 15.0 Å². The van der Waals surface area contributed by atoms with Crippen molar-refractivity contribution in [1.29, 1.82) is 0 Å². The van der Waals surface area contributed by atoms with Gasteiger partial charge in [0.1, 0.15) is 0 Å². The van der Waals surface area contributed by atoms with Crippen LogP contribution in [-0.4, -0.2) is 22.8 Å². The molecular formula is C11H18O3. The van der Waals surface area contributed by atoms with Crippen LogP contribution >= 0.6 is 0 Å². The number of hydrogen-bond donors (Lipinski definition) is 2. The van der Waals surface area contributed by atoms with Crippen LogP contribution in [-0.2, 0) is 4.79 Å². The molecule has 1 rings (SSSR count). The molecule has 0 aromatic rings. The fourth-order valence-corrected chi connectivity index (χ4v) is 1.94. The first-order valence-electron chi connectivity index (χ1n) is 5.23. The number of carbonyl (C=O) groups is 1. The molecule has 0 heterocycles. The monoisotopic (exact) mass is 198 g/mol. The van der Waals surface area contributed by atoms with Crippen LogP contribution in [0.15, 0.2) is 11.6 Å². The van der Waals surface area contributed by atoms with Gasteiger partial charge in [-0.1, -0.05) is 11.6 Å². The van der Waals surface area contributed by atoms with E-state index in [0.29, 0.717) is 5.92 Å². The van der Waals surface area contributed by atoms with Gasteiger partial charge in [0.15, 0.2) is 0 Å². The van der Waals surface area contributed by atoms with Gasteiger partial charge in [-0.2, -0.15) is 0 Å². The van der Waals surface area contributed by atoms with Crippen molar-refractivity contribution in [3.63, 3.8) is 0 Å². The van der Waals surface area contributed by atoms with Crippen LogP contribution < -0.4 is 0 Å². The van der Waals surface area contributed by atoms with E-state index in [9.17, 15) is 4.79 Å². The Hall–Kier alpha value is -0.830. The van der Waals surface area contributed by atoms with E-state index in [2.05, 4.69) is 6.08 Å². The molecule has 0 bridgehead atoms. The number of carboxylic acids is 1. The number of aliphatic carboxylic acids is 1. The summed E-state index contributed by atoms with van der Waals surface area (Å²) in [6.07, 6.45) is 7.19. The summed E-state index contributed by atoms with van der Waals surface area (Å²) in [7, 11) is 0. The van der Waals surface area contributed by atoms with E-state index in [1.54, 1.807) is 0 Å². The second-order valence-electron chi connectivity index (χ2n) is 3.94. The van der Waals surface area contributed by atoms with Crippen LogP contribution in [0.3, 0.4) is 0 Å². The molecule has 1 atom stereocenters. The molecule has 1 aliphatic rings. The minimum Gasteiger partial charge on any atom is -0.481 e. The normalized spacial score (nSPS) is 21.8. The molecule has 3 nitrogen and oxygen atoms in total. The minimum atomic E-state index is -0.731.